The number of hydrogen-bond donors (Lipinski definition) is 2. The Morgan fingerprint density at radius 3 is 2.65 bits per heavy atom. The van der Waals surface area contributed by atoms with E-state index in [2.05, 4.69) is 13.0 Å². The first-order chi connectivity index (χ1) is 7.94. The summed E-state index contributed by atoms with van der Waals surface area (Å²) in [6.45, 7) is 6.76. The van der Waals surface area contributed by atoms with Gasteiger partial charge >= 0.3 is 0 Å². The largest absolute Gasteiger partial charge is 0.493 e. The van der Waals surface area contributed by atoms with Crippen molar-refractivity contribution in [3.8, 4) is 5.75 Å². The Balaban J connectivity index is 2.36. The molecule has 0 fully saturated rings. The molecular weight excluding hydrogens is 214 g/mol. The van der Waals surface area contributed by atoms with E-state index in [1.807, 2.05) is 19.1 Å². The molecule has 0 spiro atoms. The van der Waals surface area contributed by atoms with E-state index >= 15 is 0 Å². The maximum atomic E-state index is 9.73. The monoisotopic (exact) mass is 237 g/mol. The lowest BCUT2D eigenvalue weighted by Crippen LogP contribution is -2.34. The van der Waals surface area contributed by atoms with Crippen molar-refractivity contribution in [2.45, 2.75) is 39.2 Å². The van der Waals surface area contributed by atoms with Gasteiger partial charge in [-0.05, 0) is 45.2 Å². The van der Waals surface area contributed by atoms with Crippen LogP contribution >= 0.6 is 0 Å². The summed E-state index contributed by atoms with van der Waals surface area (Å²) in [4.78, 5) is 0. The van der Waals surface area contributed by atoms with E-state index in [1.165, 1.54) is 5.56 Å². The average Bonchev–Trinajstić information content (AvgIpc) is 2.27. The zero-order chi connectivity index (χ0) is 12.9. The van der Waals surface area contributed by atoms with Crippen molar-refractivity contribution in [1.82, 2.24) is 0 Å². The highest BCUT2D eigenvalue weighted by Crippen LogP contribution is 2.19. The molecule has 0 aliphatic carbocycles. The molecule has 3 nitrogen and oxygen atoms in total. The highest BCUT2D eigenvalue weighted by atomic mass is 16.5. The number of ether oxygens (including phenoxy) is 1. The molecule has 1 aromatic carbocycles. The number of aliphatic hydroxyl groups is 1. The fourth-order valence-electron chi connectivity index (χ4n) is 1.70. The van der Waals surface area contributed by atoms with Crippen molar-refractivity contribution in [3.05, 3.63) is 29.3 Å². The summed E-state index contributed by atoms with van der Waals surface area (Å²) in [6, 6.07) is 6.13. The van der Waals surface area contributed by atoms with Crippen LogP contribution in [0, 0.1) is 13.8 Å². The SMILES string of the molecule is Cc1ccc(OCCCC(C)(O)CN)c(C)c1. The van der Waals surface area contributed by atoms with Gasteiger partial charge in [-0.15, -0.1) is 0 Å². The van der Waals surface area contributed by atoms with E-state index < -0.39 is 5.60 Å². The summed E-state index contributed by atoms with van der Waals surface area (Å²) >= 11 is 0. The molecule has 3 heteroatoms. The molecule has 3 N–H and O–H groups in total. The first-order valence-electron chi connectivity index (χ1n) is 6.07. The second kappa shape index (κ2) is 6.03. The molecule has 0 aliphatic rings. The highest BCUT2D eigenvalue weighted by molar-refractivity contribution is 5.35. The Kier molecular flexibility index (Phi) is 4.97. The number of aryl methyl sites for hydroxylation is 2. The van der Waals surface area contributed by atoms with Crippen LogP contribution in [0.2, 0.25) is 0 Å². The van der Waals surface area contributed by atoms with Gasteiger partial charge in [-0.1, -0.05) is 17.7 Å². The normalized spacial score (nSPS) is 14.4. The zero-order valence-corrected chi connectivity index (χ0v) is 11.0. The zero-order valence-electron chi connectivity index (χ0n) is 11.0. The van der Waals surface area contributed by atoms with Crippen LogP contribution in [0.5, 0.6) is 5.75 Å². The molecule has 96 valence electrons. The summed E-state index contributed by atoms with van der Waals surface area (Å²) in [6.07, 6.45) is 1.46. The van der Waals surface area contributed by atoms with Gasteiger partial charge in [-0.2, -0.15) is 0 Å². The smallest absolute Gasteiger partial charge is 0.122 e. The second-order valence-corrected chi connectivity index (χ2v) is 4.92. The lowest BCUT2D eigenvalue weighted by molar-refractivity contribution is 0.0536. The fraction of sp³-hybridized carbons (Fsp3) is 0.571. The van der Waals surface area contributed by atoms with Gasteiger partial charge < -0.3 is 15.6 Å². The van der Waals surface area contributed by atoms with Crippen molar-refractivity contribution in [2.24, 2.45) is 5.73 Å². The summed E-state index contributed by atoms with van der Waals surface area (Å²) < 4.78 is 5.68. The quantitative estimate of drug-likeness (QED) is 0.746. The van der Waals surface area contributed by atoms with Gasteiger partial charge in [0.2, 0.25) is 0 Å². The van der Waals surface area contributed by atoms with Gasteiger partial charge in [0, 0.05) is 6.54 Å². The second-order valence-electron chi connectivity index (χ2n) is 4.92. The molecule has 0 amide bonds. The van der Waals surface area contributed by atoms with Gasteiger partial charge in [0.05, 0.1) is 12.2 Å². The molecule has 0 bridgehead atoms. The van der Waals surface area contributed by atoms with Crippen LogP contribution in [0.3, 0.4) is 0 Å². The number of nitrogens with two attached hydrogens (primary N) is 1. The minimum absolute atomic E-state index is 0.288. The predicted octanol–water partition coefficient (Wildman–Crippen LogP) is 2.17. The van der Waals surface area contributed by atoms with Gasteiger partial charge in [0.25, 0.3) is 0 Å². The summed E-state index contributed by atoms with van der Waals surface area (Å²) in [5, 5.41) is 9.73. The summed E-state index contributed by atoms with van der Waals surface area (Å²) in [7, 11) is 0. The van der Waals surface area contributed by atoms with Crippen molar-refractivity contribution in [1.29, 1.82) is 0 Å². The van der Waals surface area contributed by atoms with Gasteiger partial charge in [0.1, 0.15) is 5.75 Å². The standard InChI is InChI=1S/C14H23NO2/c1-11-5-6-13(12(2)9-11)17-8-4-7-14(3,16)10-15/h5-6,9,16H,4,7-8,10,15H2,1-3H3. The number of rotatable bonds is 6. The molecule has 0 aromatic heterocycles. The van der Waals surface area contributed by atoms with Gasteiger partial charge in [-0.3, -0.25) is 0 Å². The third kappa shape index (κ3) is 4.75. The van der Waals surface area contributed by atoms with E-state index in [9.17, 15) is 5.11 Å². The summed E-state index contributed by atoms with van der Waals surface area (Å²) in [5.41, 5.74) is 7.06. The third-order valence-corrected chi connectivity index (χ3v) is 2.89. The third-order valence-electron chi connectivity index (χ3n) is 2.89. The Hall–Kier alpha value is -1.06. The molecule has 1 atom stereocenters. The van der Waals surface area contributed by atoms with Crippen molar-refractivity contribution in [2.75, 3.05) is 13.2 Å². The van der Waals surface area contributed by atoms with Crippen molar-refractivity contribution in [3.63, 3.8) is 0 Å². The van der Waals surface area contributed by atoms with Gasteiger partial charge in [0.15, 0.2) is 0 Å². The first kappa shape index (κ1) is 14.0. The lowest BCUT2D eigenvalue weighted by Gasteiger charge is -2.20. The molecule has 1 rings (SSSR count). The van der Waals surface area contributed by atoms with Crippen LogP contribution in [0.15, 0.2) is 18.2 Å². The van der Waals surface area contributed by atoms with Crippen LogP contribution < -0.4 is 10.5 Å². The summed E-state index contributed by atoms with van der Waals surface area (Å²) in [5.74, 6) is 0.919. The van der Waals surface area contributed by atoms with E-state index in [0.717, 1.165) is 17.7 Å². The maximum absolute atomic E-state index is 9.73. The Morgan fingerprint density at radius 2 is 2.06 bits per heavy atom. The van der Waals surface area contributed by atoms with E-state index in [0.29, 0.717) is 13.0 Å². The van der Waals surface area contributed by atoms with Crippen LogP contribution in [0.1, 0.15) is 30.9 Å². The van der Waals surface area contributed by atoms with Gasteiger partial charge in [-0.25, -0.2) is 0 Å². The minimum Gasteiger partial charge on any atom is -0.493 e. The predicted molar refractivity (Wildman–Crippen MR) is 70.3 cm³/mol. The Morgan fingerprint density at radius 1 is 1.35 bits per heavy atom. The first-order valence-corrected chi connectivity index (χ1v) is 6.07. The van der Waals surface area contributed by atoms with Crippen molar-refractivity contribution < 1.29 is 9.84 Å². The molecule has 0 heterocycles. The Labute approximate surface area is 104 Å². The number of benzene rings is 1. The highest BCUT2D eigenvalue weighted by Gasteiger charge is 2.16. The van der Waals surface area contributed by atoms with E-state index in [-0.39, 0.29) is 6.54 Å². The molecule has 0 saturated heterocycles. The molecule has 17 heavy (non-hydrogen) atoms. The minimum atomic E-state index is -0.772. The number of hydrogen-bond acceptors (Lipinski definition) is 3. The molecule has 0 aliphatic heterocycles. The van der Waals surface area contributed by atoms with Crippen LogP contribution in [-0.4, -0.2) is 23.9 Å². The van der Waals surface area contributed by atoms with Crippen molar-refractivity contribution >= 4 is 0 Å². The van der Waals surface area contributed by atoms with Crippen LogP contribution in [0.4, 0.5) is 0 Å². The molecular formula is C14H23NO2. The average molecular weight is 237 g/mol. The van der Waals surface area contributed by atoms with E-state index in [4.69, 9.17) is 10.5 Å². The molecule has 1 aromatic rings. The molecule has 1 unspecified atom stereocenters. The molecule has 0 radical (unpaired) electrons. The fourth-order valence-corrected chi connectivity index (χ4v) is 1.70. The lowest BCUT2D eigenvalue weighted by atomic mass is 10.0. The maximum Gasteiger partial charge on any atom is 0.122 e. The van der Waals surface area contributed by atoms with Crippen LogP contribution in [0.25, 0.3) is 0 Å². The Bertz CT molecular complexity index is 361. The van der Waals surface area contributed by atoms with E-state index in [1.54, 1.807) is 6.92 Å². The topological polar surface area (TPSA) is 55.5 Å². The molecule has 0 saturated carbocycles. The van der Waals surface area contributed by atoms with Crippen LogP contribution in [-0.2, 0) is 0 Å².